The van der Waals surface area contributed by atoms with Gasteiger partial charge in [-0.05, 0) is 25.3 Å². The second kappa shape index (κ2) is 5.63. The lowest BCUT2D eigenvalue weighted by Crippen LogP contribution is -2.46. The molecule has 3 nitrogen and oxygen atoms in total. The summed E-state index contributed by atoms with van der Waals surface area (Å²) in [5.41, 5.74) is 4.05. The van der Waals surface area contributed by atoms with Gasteiger partial charge in [-0.2, -0.15) is 0 Å². The van der Waals surface area contributed by atoms with Crippen molar-refractivity contribution < 1.29 is 4.74 Å². The maximum absolute atomic E-state index is 6.06. The molecular weight excluding hydrogens is 212 g/mol. The molecule has 94 valence electrons. The number of hydrogen-bond donors (Lipinski definition) is 2. The molecule has 1 aliphatic carbocycles. The fourth-order valence-electron chi connectivity index (χ4n) is 2.97. The highest BCUT2D eigenvalue weighted by atomic mass is 16.5. The fraction of sp³-hybridized carbons (Fsp3) is 0.571. The molecule has 0 saturated heterocycles. The van der Waals surface area contributed by atoms with Crippen molar-refractivity contribution in [3.8, 4) is 0 Å². The molecule has 1 fully saturated rings. The second-order valence-corrected chi connectivity index (χ2v) is 4.72. The van der Waals surface area contributed by atoms with Gasteiger partial charge in [0.2, 0.25) is 0 Å². The van der Waals surface area contributed by atoms with Crippen LogP contribution in [0.5, 0.6) is 0 Å². The van der Waals surface area contributed by atoms with Crippen LogP contribution in [0.25, 0.3) is 0 Å². The van der Waals surface area contributed by atoms with Gasteiger partial charge >= 0.3 is 0 Å². The van der Waals surface area contributed by atoms with Crippen LogP contribution >= 0.6 is 0 Å². The van der Waals surface area contributed by atoms with Gasteiger partial charge in [-0.25, -0.2) is 0 Å². The SMILES string of the molecule is CCOC1(C(NN)c2ccccc2)CCCC1. The summed E-state index contributed by atoms with van der Waals surface area (Å²) in [7, 11) is 0. The molecule has 0 spiro atoms. The summed E-state index contributed by atoms with van der Waals surface area (Å²) < 4.78 is 6.06. The Balaban J connectivity index is 2.26. The third-order valence-corrected chi connectivity index (χ3v) is 3.71. The molecule has 0 aromatic heterocycles. The van der Waals surface area contributed by atoms with E-state index in [1.165, 1.54) is 18.4 Å². The van der Waals surface area contributed by atoms with E-state index in [4.69, 9.17) is 10.6 Å². The first-order chi connectivity index (χ1) is 8.32. The van der Waals surface area contributed by atoms with Crippen molar-refractivity contribution in [1.82, 2.24) is 5.43 Å². The van der Waals surface area contributed by atoms with Crippen molar-refractivity contribution in [2.75, 3.05) is 6.61 Å². The predicted octanol–water partition coefficient (Wildman–Crippen LogP) is 2.54. The van der Waals surface area contributed by atoms with Crippen LogP contribution in [0.3, 0.4) is 0 Å². The van der Waals surface area contributed by atoms with Gasteiger partial charge in [0.25, 0.3) is 0 Å². The number of hydrogen-bond acceptors (Lipinski definition) is 3. The number of rotatable bonds is 5. The average molecular weight is 234 g/mol. The molecule has 1 aromatic rings. The van der Waals surface area contributed by atoms with Crippen LogP contribution in [-0.2, 0) is 4.74 Å². The van der Waals surface area contributed by atoms with Crippen LogP contribution in [-0.4, -0.2) is 12.2 Å². The highest BCUT2D eigenvalue weighted by molar-refractivity contribution is 5.23. The third kappa shape index (κ3) is 2.51. The Labute approximate surface area is 103 Å². The van der Waals surface area contributed by atoms with E-state index in [9.17, 15) is 0 Å². The molecule has 1 aliphatic rings. The smallest absolute Gasteiger partial charge is 0.0889 e. The molecule has 1 aromatic carbocycles. The quantitative estimate of drug-likeness (QED) is 0.608. The summed E-state index contributed by atoms with van der Waals surface area (Å²) in [6, 6.07) is 10.4. The monoisotopic (exact) mass is 234 g/mol. The van der Waals surface area contributed by atoms with Crippen molar-refractivity contribution in [2.45, 2.75) is 44.2 Å². The Morgan fingerprint density at radius 3 is 2.47 bits per heavy atom. The summed E-state index contributed by atoms with van der Waals surface area (Å²) >= 11 is 0. The van der Waals surface area contributed by atoms with Crippen molar-refractivity contribution in [2.24, 2.45) is 5.84 Å². The summed E-state index contributed by atoms with van der Waals surface area (Å²) in [6.07, 6.45) is 4.63. The van der Waals surface area contributed by atoms with Crippen molar-refractivity contribution in [3.05, 3.63) is 35.9 Å². The van der Waals surface area contributed by atoms with Crippen molar-refractivity contribution in [1.29, 1.82) is 0 Å². The largest absolute Gasteiger partial charge is 0.373 e. The van der Waals surface area contributed by atoms with Gasteiger partial charge in [0.1, 0.15) is 0 Å². The summed E-state index contributed by atoms with van der Waals surface area (Å²) in [5, 5.41) is 0. The standard InChI is InChI=1S/C14H22N2O/c1-2-17-14(10-6-7-11-14)13(16-15)12-8-4-3-5-9-12/h3-5,8-9,13,16H,2,6-7,10-11,15H2,1H3. The zero-order valence-electron chi connectivity index (χ0n) is 10.5. The molecule has 17 heavy (non-hydrogen) atoms. The second-order valence-electron chi connectivity index (χ2n) is 4.72. The molecule has 0 radical (unpaired) electrons. The predicted molar refractivity (Wildman–Crippen MR) is 69.3 cm³/mol. The first-order valence-corrected chi connectivity index (χ1v) is 6.47. The topological polar surface area (TPSA) is 47.3 Å². The van der Waals surface area contributed by atoms with Crippen molar-refractivity contribution in [3.63, 3.8) is 0 Å². The normalized spacial score (nSPS) is 20.4. The van der Waals surface area contributed by atoms with E-state index in [1.54, 1.807) is 0 Å². The van der Waals surface area contributed by atoms with Gasteiger partial charge in [-0.3, -0.25) is 11.3 Å². The minimum Gasteiger partial charge on any atom is -0.373 e. The summed E-state index contributed by atoms with van der Waals surface area (Å²) in [6.45, 7) is 2.80. The van der Waals surface area contributed by atoms with Gasteiger partial charge in [-0.15, -0.1) is 0 Å². The fourth-order valence-corrected chi connectivity index (χ4v) is 2.97. The molecule has 2 rings (SSSR count). The maximum atomic E-state index is 6.06. The van der Waals surface area contributed by atoms with E-state index in [2.05, 4.69) is 24.5 Å². The van der Waals surface area contributed by atoms with Gasteiger partial charge in [0.05, 0.1) is 11.6 Å². The highest BCUT2D eigenvalue weighted by Gasteiger charge is 2.42. The van der Waals surface area contributed by atoms with E-state index in [0.717, 1.165) is 19.4 Å². The number of benzene rings is 1. The lowest BCUT2D eigenvalue weighted by molar-refractivity contribution is -0.0627. The number of nitrogens with two attached hydrogens (primary N) is 1. The van der Waals surface area contributed by atoms with Crippen LogP contribution in [0.1, 0.15) is 44.2 Å². The zero-order valence-corrected chi connectivity index (χ0v) is 10.5. The van der Waals surface area contributed by atoms with Gasteiger partial charge in [-0.1, -0.05) is 43.2 Å². The molecule has 0 aliphatic heterocycles. The molecule has 0 heterocycles. The Hall–Kier alpha value is -0.900. The minimum atomic E-state index is -0.120. The molecule has 1 saturated carbocycles. The van der Waals surface area contributed by atoms with Crippen molar-refractivity contribution >= 4 is 0 Å². The number of nitrogens with one attached hydrogen (secondary N) is 1. The summed E-state index contributed by atoms with van der Waals surface area (Å²) in [5.74, 6) is 5.77. The van der Waals surface area contributed by atoms with E-state index < -0.39 is 0 Å². The molecule has 3 N–H and O–H groups in total. The zero-order chi connectivity index (χ0) is 12.1. The van der Waals surface area contributed by atoms with Crippen LogP contribution in [0.4, 0.5) is 0 Å². The van der Waals surface area contributed by atoms with Crippen LogP contribution < -0.4 is 11.3 Å². The first kappa shape index (κ1) is 12.6. The lowest BCUT2D eigenvalue weighted by atomic mass is 9.87. The molecular formula is C14H22N2O. The maximum Gasteiger partial charge on any atom is 0.0889 e. The Morgan fingerprint density at radius 2 is 1.94 bits per heavy atom. The number of ether oxygens (including phenoxy) is 1. The molecule has 0 amide bonds. The van der Waals surface area contributed by atoms with E-state index in [0.29, 0.717) is 0 Å². The van der Waals surface area contributed by atoms with Gasteiger partial charge in [0.15, 0.2) is 0 Å². The third-order valence-electron chi connectivity index (χ3n) is 3.71. The highest BCUT2D eigenvalue weighted by Crippen LogP contribution is 2.42. The van der Waals surface area contributed by atoms with Crippen LogP contribution in [0.2, 0.25) is 0 Å². The number of hydrazine groups is 1. The van der Waals surface area contributed by atoms with Crippen LogP contribution in [0, 0.1) is 0 Å². The lowest BCUT2D eigenvalue weighted by Gasteiger charge is -2.37. The van der Waals surface area contributed by atoms with E-state index >= 15 is 0 Å². The van der Waals surface area contributed by atoms with E-state index in [-0.39, 0.29) is 11.6 Å². The molecule has 0 bridgehead atoms. The average Bonchev–Trinajstić information content (AvgIpc) is 2.81. The molecule has 3 heteroatoms. The Bertz CT molecular complexity index is 333. The summed E-state index contributed by atoms with van der Waals surface area (Å²) in [4.78, 5) is 0. The minimum absolute atomic E-state index is 0.0890. The van der Waals surface area contributed by atoms with E-state index in [1.807, 2.05) is 18.2 Å². The molecule has 1 atom stereocenters. The molecule has 1 unspecified atom stereocenters. The van der Waals surface area contributed by atoms with Gasteiger partial charge in [0, 0.05) is 6.61 Å². The Kier molecular flexibility index (Phi) is 4.15. The van der Waals surface area contributed by atoms with Gasteiger partial charge < -0.3 is 4.74 Å². The first-order valence-electron chi connectivity index (χ1n) is 6.47. The Morgan fingerprint density at radius 1 is 1.29 bits per heavy atom. The van der Waals surface area contributed by atoms with Crippen LogP contribution in [0.15, 0.2) is 30.3 Å².